The minimum atomic E-state index is -3.15. The molecule has 52 valence electrons. The van der Waals surface area contributed by atoms with Crippen molar-refractivity contribution >= 4 is 28.3 Å². The normalized spacial score (nSPS) is 14.8. The number of rotatable bonds is 2. The van der Waals surface area contributed by atoms with E-state index >= 15 is 0 Å². The van der Waals surface area contributed by atoms with Gasteiger partial charge in [-0.15, -0.1) is 0 Å². The maximum absolute atomic E-state index is 5.65. The molecule has 0 saturated heterocycles. The van der Waals surface area contributed by atoms with Crippen molar-refractivity contribution in [2.24, 2.45) is 0 Å². The Morgan fingerprint density at radius 1 is 1.38 bits per heavy atom. The van der Waals surface area contributed by atoms with E-state index in [0.29, 0.717) is 0 Å². The predicted octanol–water partition coefficient (Wildman–Crippen LogP) is 2.47. The SMILES string of the molecule is CC[N](C)[W]([Cl])([Cl])[Cl]. The summed E-state index contributed by atoms with van der Waals surface area (Å²) >= 11 is -3.15. The molecule has 0 aromatic heterocycles. The Bertz CT molecular complexity index is 71.4. The fraction of sp³-hybridized carbons (Fsp3) is 1.00. The monoisotopic (exact) mass is 347 g/mol. The standard InChI is InChI=1S/C3H8N.3ClH.W/c1-3-4-2;;;;/h3H2,1-2H3;3*1H;/q-1;;;;+4/p-3. The van der Waals surface area contributed by atoms with E-state index in [1.807, 2.05) is 17.4 Å². The van der Waals surface area contributed by atoms with Crippen LogP contribution in [0.1, 0.15) is 6.92 Å². The van der Waals surface area contributed by atoms with Crippen LogP contribution in [0.3, 0.4) is 0 Å². The second-order valence-electron chi connectivity index (χ2n) is 1.33. The van der Waals surface area contributed by atoms with Crippen molar-refractivity contribution in [1.82, 2.24) is 3.46 Å². The molecular weight excluding hydrogens is 340 g/mol. The average Bonchev–Trinajstić information content (AvgIpc) is 1.62. The molecule has 0 radical (unpaired) electrons. The quantitative estimate of drug-likeness (QED) is 0.741. The Morgan fingerprint density at radius 2 is 1.75 bits per heavy atom. The van der Waals surface area contributed by atoms with Crippen molar-refractivity contribution in [3.05, 3.63) is 0 Å². The second kappa shape index (κ2) is 3.63. The Labute approximate surface area is 65.2 Å². The van der Waals surface area contributed by atoms with Crippen LogP contribution < -0.4 is 0 Å². The maximum atomic E-state index is 5.65. The summed E-state index contributed by atoms with van der Waals surface area (Å²) in [5.74, 6) is 0. The molecule has 0 rings (SSSR count). The van der Waals surface area contributed by atoms with Gasteiger partial charge in [-0.2, -0.15) is 0 Å². The van der Waals surface area contributed by atoms with Crippen LogP contribution in [-0.4, -0.2) is 17.1 Å². The van der Waals surface area contributed by atoms with E-state index in [1.165, 1.54) is 0 Å². The third-order valence-corrected chi connectivity index (χ3v) is 10.1. The van der Waals surface area contributed by atoms with Gasteiger partial charge in [-0.3, -0.25) is 0 Å². The van der Waals surface area contributed by atoms with Gasteiger partial charge in [0, 0.05) is 0 Å². The molecule has 0 unspecified atom stereocenters. The van der Waals surface area contributed by atoms with Gasteiger partial charge < -0.3 is 0 Å². The van der Waals surface area contributed by atoms with Crippen molar-refractivity contribution in [2.75, 3.05) is 13.6 Å². The van der Waals surface area contributed by atoms with E-state index in [9.17, 15) is 0 Å². The molecule has 0 fully saturated rings. The van der Waals surface area contributed by atoms with Gasteiger partial charge in [-0.25, -0.2) is 0 Å². The molecule has 0 amide bonds. The zero-order valence-corrected chi connectivity index (χ0v) is 9.90. The van der Waals surface area contributed by atoms with E-state index in [4.69, 9.17) is 28.3 Å². The van der Waals surface area contributed by atoms with Crippen LogP contribution in [-0.2, 0) is 13.2 Å². The fourth-order valence-electron chi connectivity index (χ4n) is 0.146. The Kier molecular flexibility index (Phi) is 4.32. The first-order chi connectivity index (χ1) is 3.48. The van der Waals surface area contributed by atoms with Crippen molar-refractivity contribution in [3.8, 4) is 0 Å². The Hall–Kier alpha value is 1.52. The van der Waals surface area contributed by atoms with Crippen molar-refractivity contribution in [2.45, 2.75) is 6.92 Å². The van der Waals surface area contributed by atoms with E-state index in [2.05, 4.69) is 0 Å². The molecule has 0 saturated carbocycles. The molecule has 0 atom stereocenters. The van der Waals surface area contributed by atoms with Crippen LogP contribution >= 0.6 is 28.3 Å². The van der Waals surface area contributed by atoms with Gasteiger partial charge in [0.25, 0.3) is 0 Å². The number of hydrogen-bond donors (Lipinski definition) is 0. The van der Waals surface area contributed by atoms with E-state index in [0.717, 1.165) is 6.54 Å². The molecule has 0 bridgehead atoms. The first-order valence-corrected chi connectivity index (χ1v) is 14.3. The molecule has 0 heterocycles. The minimum absolute atomic E-state index is 0.825. The Balaban J connectivity index is 3.62. The first kappa shape index (κ1) is 9.52. The van der Waals surface area contributed by atoms with Crippen LogP contribution in [0.2, 0.25) is 0 Å². The molecule has 5 heteroatoms. The molecule has 1 nitrogen and oxygen atoms in total. The molecular formula is C3H8Cl3NW. The summed E-state index contributed by atoms with van der Waals surface area (Å²) in [6.45, 7) is 2.80. The summed E-state index contributed by atoms with van der Waals surface area (Å²) in [4.78, 5) is 0. The van der Waals surface area contributed by atoms with Gasteiger partial charge in [-0.1, -0.05) is 0 Å². The molecule has 0 aromatic rings. The van der Waals surface area contributed by atoms with Crippen LogP contribution in [0.25, 0.3) is 0 Å². The van der Waals surface area contributed by atoms with E-state index in [-0.39, 0.29) is 0 Å². The van der Waals surface area contributed by atoms with Crippen LogP contribution in [0, 0.1) is 0 Å². The molecule has 0 aliphatic heterocycles. The van der Waals surface area contributed by atoms with E-state index < -0.39 is 13.2 Å². The summed E-state index contributed by atoms with van der Waals surface area (Å²) in [7, 11) is 18.8. The predicted molar refractivity (Wildman–Crippen MR) is 35.9 cm³/mol. The van der Waals surface area contributed by atoms with Crippen LogP contribution in [0.4, 0.5) is 0 Å². The number of hydrogen-bond acceptors (Lipinski definition) is 1. The van der Waals surface area contributed by atoms with Gasteiger partial charge in [0.15, 0.2) is 0 Å². The topological polar surface area (TPSA) is 3.24 Å². The number of halogens is 3. The Morgan fingerprint density at radius 3 is 1.75 bits per heavy atom. The van der Waals surface area contributed by atoms with Gasteiger partial charge in [-0.05, 0) is 0 Å². The van der Waals surface area contributed by atoms with Crippen molar-refractivity contribution < 1.29 is 13.2 Å². The summed E-state index contributed by atoms with van der Waals surface area (Å²) in [6.07, 6.45) is 0. The first-order valence-electron chi connectivity index (χ1n) is 2.12. The van der Waals surface area contributed by atoms with Gasteiger partial charge in [0.1, 0.15) is 0 Å². The summed E-state index contributed by atoms with van der Waals surface area (Å²) < 4.78 is 1.82. The zero-order chi connectivity index (χ0) is 6.78. The molecule has 0 aromatic carbocycles. The summed E-state index contributed by atoms with van der Waals surface area (Å²) in [6, 6.07) is 0. The summed E-state index contributed by atoms with van der Waals surface area (Å²) in [5, 5.41) is 0. The molecule has 0 N–H and O–H groups in total. The molecule has 0 aliphatic carbocycles. The van der Waals surface area contributed by atoms with Gasteiger partial charge >= 0.3 is 65.4 Å². The second-order valence-corrected chi connectivity index (χ2v) is 21.2. The van der Waals surface area contributed by atoms with Crippen molar-refractivity contribution in [1.29, 1.82) is 0 Å². The van der Waals surface area contributed by atoms with Gasteiger partial charge in [0.05, 0.1) is 0 Å². The summed E-state index contributed by atoms with van der Waals surface area (Å²) in [5.41, 5.74) is 0. The molecule has 8 heavy (non-hydrogen) atoms. The van der Waals surface area contributed by atoms with E-state index in [1.54, 1.807) is 0 Å². The van der Waals surface area contributed by atoms with Gasteiger partial charge in [0.2, 0.25) is 0 Å². The third kappa shape index (κ3) is 3.53. The number of nitrogens with zero attached hydrogens (tertiary/aromatic N) is 1. The van der Waals surface area contributed by atoms with Crippen LogP contribution in [0.5, 0.6) is 0 Å². The fourth-order valence-corrected chi connectivity index (χ4v) is 3.59. The molecule has 0 spiro atoms. The van der Waals surface area contributed by atoms with Crippen LogP contribution in [0.15, 0.2) is 0 Å². The average molecular weight is 348 g/mol. The van der Waals surface area contributed by atoms with Crippen molar-refractivity contribution in [3.63, 3.8) is 0 Å². The third-order valence-electron chi connectivity index (χ3n) is 0.799. The molecule has 0 aliphatic rings. The zero-order valence-electron chi connectivity index (χ0n) is 4.70.